The first-order valence-corrected chi connectivity index (χ1v) is 9.44. The molecule has 2 saturated carbocycles. The van der Waals surface area contributed by atoms with Gasteiger partial charge < -0.3 is 15.2 Å². The van der Waals surface area contributed by atoms with E-state index in [2.05, 4.69) is 23.5 Å². The molecule has 3 aliphatic rings. The van der Waals surface area contributed by atoms with E-state index in [1.54, 1.807) is 13.2 Å². The topological polar surface area (TPSA) is 58.6 Å². The second-order valence-corrected chi connectivity index (χ2v) is 7.91. The average molecular weight is 349 g/mol. The van der Waals surface area contributed by atoms with Crippen LogP contribution in [0.4, 0.5) is 5.69 Å². The Morgan fingerprint density at radius 3 is 2.77 bits per heavy atom. The molecule has 2 aliphatic carbocycles. The summed E-state index contributed by atoms with van der Waals surface area (Å²) in [6.45, 7) is 0. The lowest BCUT2D eigenvalue weighted by Gasteiger charge is -2.44. The first-order chi connectivity index (χ1) is 12.7. The maximum Gasteiger partial charge on any atom is 0.337 e. The third-order valence-electron chi connectivity index (χ3n) is 6.80. The van der Waals surface area contributed by atoms with Crippen LogP contribution >= 0.6 is 0 Å². The fourth-order valence-corrected chi connectivity index (χ4v) is 5.86. The number of rotatable bonds is 3. The maximum absolute atomic E-state index is 11.8. The molecule has 0 radical (unpaired) electrons. The van der Waals surface area contributed by atoms with Crippen molar-refractivity contribution in [1.29, 1.82) is 0 Å². The standard InChI is InChI=1S/C22H23NO3/c1-26-15-5-2-4-14(11-15)20-19-13-9-8-12(10-13)18(19)16-6-3-7-17(22(24)25)21(16)23-20/h2-7,11-13,18-20,23H,8-10H2,1H3,(H,24,25)/t12-,13-,18+,19+,20-/m0/s1. The molecule has 4 nitrogen and oxygen atoms in total. The summed E-state index contributed by atoms with van der Waals surface area (Å²) in [6, 6.07) is 14.1. The molecule has 2 fully saturated rings. The van der Waals surface area contributed by atoms with Crippen LogP contribution < -0.4 is 10.1 Å². The van der Waals surface area contributed by atoms with Crippen molar-refractivity contribution in [1.82, 2.24) is 0 Å². The van der Waals surface area contributed by atoms with Crippen molar-refractivity contribution in [2.75, 3.05) is 12.4 Å². The highest BCUT2D eigenvalue weighted by Gasteiger charge is 2.54. The predicted molar refractivity (Wildman–Crippen MR) is 99.8 cm³/mol. The van der Waals surface area contributed by atoms with Crippen LogP contribution in [-0.2, 0) is 0 Å². The van der Waals surface area contributed by atoms with Crippen molar-refractivity contribution in [2.24, 2.45) is 17.8 Å². The van der Waals surface area contributed by atoms with Gasteiger partial charge in [0.2, 0.25) is 0 Å². The quantitative estimate of drug-likeness (QED) is 0.844. The molecule has 5 atom stereocenters. The van der Waals surface area contributed by atoms with Crippen LogP contribution in [0.5, 0.6) is 5.75 Å². The molecule has 0 amide bonds. The number of carbonyl (C=O) groups is 1. The van der Waals surface area contributed by atoms with Crippen molar-refractivity contribution < 1.29 is 14.6 Å². The van der Waals surface area contributed by atoms with E-state index in [9.17, 15) is 9.90 Å². The van der Waals surface area contributed by atoms with Gasteiger partial charge in [0.1, 0.15) is 5.75 Å². The van der Waals surface area contributed by atoms with Crippen molar-refractivity contribution in [3.8, 4) is 5.75 Å². The molecule has 5 rings (SSSR count). The van der Waals surface area contributed by atoms with Gasteiger partial charge >= 0.3 is 5.97 Å². The number of benzene rings is 2. The van der Waals surface area contributed by atoms with Crippen LogP contribution in [0, 0.1) is 17.8 Å². The minimum Gasteiger partial charge on any atom is -0.497 e. The number of carboxylic acid groups (broad SMARTS) is 1. The van der Waals surface area contributed by atoms with Gasteiger partial charge in [-0.05, 0) is 72.3 Å². The van der Waals surface area contributed by atoms with Crippen molar-refractivity contribution in [3.05, 3.63) is 59.2 Å². The number of hydrogen-bond donors (Lipinski definition) is 2. The Kier molecular flexibility index (Phi) is 3.49. The summed E-state index contributed by atoms with van der Waals surface area (Å²) in [7, 11) is 1.69. The molecule has 1 heterocycles. The Balaban J connectivity index is 1.66. The Bertz CT molecular complexity index is 877. The van der Waals surface area contributed by atoms with E-state index in [1.165, 1.54) is 30.4 Å². The van der Waals surface area contributed by atoms with E-state index < -0.39 is 5.97 Å². The van der Waals surface area contributed by atoms with Crippen LogP contribution in [-0.4, -0.2) is 18.2 Å². The second kappa shape index (κ2) is 5.76. The molecule has 134 valence electrons. The normalized spacial score (nSPS) is 31.0. The zero-order valence-corrected chi connectivity index (χ0v) is 14.8. The largest absolute Gasteiger partial charge is 0.497 e. The summed E-state index contributed by atoms with van der Waals surface area (Å²) >= 11 is 0. The number of anilines is 1. The Labute approximate surface area is 153 Å². The monoisotopic (exact) mass is 349 g/mol. The third-order valence-corrected chi connectivity index (χ3v) is 6.80. The predicted octanol–water partition coefficient (Wildman–Crippen LogP) is 4.69. The van der Waals surface area contributed by atoms with E-state index in [0.717, 1.165) is 17.4 Å². The second-order valence-electron chi connectivity index (χ2n) is 7.91. The van der Waals surface area contributed by atoms with E-state index in [4.69, 9.17) is 4.74 Å². The van der Waals surface area contributed by atoms with Crippen LogP contribution in [0.3, 0.4) is 0 Å². The number of nitrogens with one attached hydrogen (secondary N) is 1. The smallest absolute Gasteiger partial charge is 0.337 e. The zero-order chi connectivity index (χ0) is 17.8. The molecular weight excluding hydrogens is 326 g/mol. The molecule has 0 spiro atoms. The summed E-state index contributed by atoms with van der Waals surface area (Å²) in [6.07, 6.45) is 3.84. The van der Waals surface area contributed by atoms with Crippen LogP contribution in [0.2, 0.25) is 0 Å². The Morgan fingerprint density at radius 1 is 1.15 bits per heavy atom. The molecule has 0 saturated heterocycles. The molecule has 4 heteroatoms. The number of para-hydroxylation sites is 1. The Hall–Kier alpha value is -2.49. The van der Waals surface area contributed by atoms with Gasteiger partial charge in [-0.15, -0.1) is 0 Å². The van der Waals surface area contributed by atoms with E-state index in [-0.39, 0.29) is 6.04 Å². The first-order valence-electron chi connectivity index (χ1n) is 9.44. The lowest BCUT2D eigenvalue weighted by molar-refractivity contribution is 0.0697. The fourth-order valence-electron chi connectivity index (χ4n) is 5.86. The summed E-state index contributed by atoms with van der Waals surface area (Å²) < 4.78 is 5.43. The molecule has 2 N–H and O–H groups in total. The number of ether oxygens (including phenoxy) is 1. The highest BCUT2D eigenvalue weighted by molar-refractivity contribution is 5.95. The molecule has 0 aromatic heterocycles. The Morgan fingerprint density at radius 2 is 1.96 bits per heavy atom. The third kappa shape index (κ3) is 2.17. The van der Waals surface area contributed by atoms with E-state index >= 15 is 0 Å². The number of carboxylic acids is 1. The molecule has 2 bridgehead atoms. The molecule has 0 unspecified atom stereocenters. The summed E-state index contributed by atoms with van der Waals surface area (Å²) in [5.41, 5.74) is 3.61. The lowest BCUT2D eigenvalue weighted by Crippen LogP contribution is -2.36. The van der Waals surface area contributed by atoms with Crippen molar-refractivity contribution in [3.63, 3.8) is 0 Å². The highest BCUT2D eigenvalue weighted by atomic mass is 16.5. The highest BCUT2D eigenvalue weighted by Crippen LogP contribution is 2.64. The molecule has 26 heavy (non-hydrogen) atoms. The number of methoxy groups -OCH3 is 1. The van der Waals surface area contributed by atoms with Crippen LogP contribution in [0.15, 0.2) is 42.5 Å². The zero-order valence-electron chi connectivity index (χ0n) is 14.8. The van der Waals surface area contributed by atoms with Gasteiger partial charge in [0.15, 0.2) is 0 Å². The van der Waals surface area contributed by atoms with Crippen molar-refractivity contribution in [2.45, 2.75) is 31.2 Å². The van der Waals surface area contributed by atoms with E-state index in [0.29, 0.717) is 23.3 Å². The number of aromatic carboxylic acids is 1. The van der Waals surface area contributed by atoms with Gasteiger partial charge in [0.05, 0.1) is 24.4 Å². The van der Waals surface area contributed by atoms with Gasteiger partial charge in [-0.25, -0.2) is 4.79 Å². The minimum absolute atomic E-state index is 0.137. The maximum atomic E-state index is 11.8. The average Bonchev–Trinajstić information content (AvgIpc) is 3.29. The molecular formula is C22H23NO3. The van der Waals surface area contributed by atoms with Gasteiger partial charge in [-0.3, -0.25) is 0 Å². The van der Waals surface area contributed by atoms with Crippen LogP contribution in [0.1, 0.15) is 52.7 Å². The van der Waals surface area contributed by atoms with Gasteiger partial charge in [-0.2, -0.15) is 0 Å². The number of fused-ring (bicyclic) bond motifs is 7. The van der Waals surface area contributed by atoms with E-state index in [1.807, 2.05) is 18.2 Å². The summed E-state index contributed by atoms with van der Waals surface area (Å²) in [5.74, 6) is 2.37. The lowest BCUT2D eigenvalue weighted by atomic mass is 9.67. The first kappa shape index (κ1) is 15.7. The van der Waals surface area contributed by atoms with Crippen LogP contribution in [0.25, 0.3) is 0 Å². The van der Waals surface area contributed by atoms with Gasteiger partial charge in [-0.1, -0.05) is 24.3 Å². The summed E-state index contributed by atoms with van der Waals surface area (Å²) in [4.78, 5) is 11.8. The summed E-state index contributed by atoms with van der Waals surface area (Å²) in [5, 5.41) is 13.3. The van der Waals surface area contributed by atoms with Gasteiger partial charge in [0.25, 0.3) is 0 Å². The fraction of sp³-hybridized carbons (Fsp3) is 0.409. The molecule has 1 aliphatic heterocycles. The van der Waals surface area contributed by atoms with Gasteiger partial charge in [0, 0.05) is 0 Å². The minimum atomic E-state index is -0.861. The number of hydrogen-bond acceptors (Lipinski definition) is 3. The molecule has 2 aromatic rings. The molecule has 2 aromatic carbocycles. The van der Waals surface area contributed by atoms with Crippen molar-refractivity contribution >= 4 is 11.7 Å². The SMILES string of the molecule is COc1cccc([C@@H]2Nc3c(C(=O)O)cccc3[C@H]3[C@H]4CC[C@@H](C4)[C@H]32)c1.